The monoisotopic (exact) mass is 302 g/mol. The summed E-state index contributed by atoms with van der Waals surface area (Å²) < 4.78 is 13.7. The molecule has 0 radical (unpaired) electrons. The van der Waals surface area contributed by atoms with E-state index in [0.29, 0.717) is 16.0 Å². The van der Waals surface area contributed by atoms with Crippen LogP contribution in [-0.4, -0.2) is 12.5 Å². The van der Waals surface area contributed by atoms with Crippen LogP contribution >= 0.6 is 11.3 Å². The molecule has 1 amide bonds. The predicted molar refractivity (Wildman–Crippen MR) is 82.5 cm³/mol. The second kappa shape index (κ2) is 7.02. The van der Waals surface area contributed by atoms with Crippen LogP contribution in [0.3, 0.4) is 0 Å². The number of carbonyl (C=O) groups is 1. The normalized spacial score (nSPS) is 11.4. The number of nitrogens with two attached hydrogens (primary N) is 1. The van der Waals surface area contributed by atoms with E-state index in [2.05, 4.69) is 17.2 Å². The third kappa shape index (κ3) is 3.69. The molecule has 0 saturated carbocycles. The standard InChI is InChI=1S/C16H15FN2OS/c1-11(13-6-2-3-7-14(13)17)19-16(20)15-12(5-4-9-18)8-10-21-15/h2-3,6-8,10-11H,9,18H2,1H3,(H,19,20). The molecule has 108 valence electrons. The molecule has 0 aliphatic heterocycles. The van der Waals surface area contributed by atoms with Crippen molar-refractivity contribution in [3.05, 3.63) is 57.5 Å². The maximum Gasteiger partial charge on any atom is 0.263 e. The van der Waals surface area contributed by atoms with Gasteiger partial charge >= 0.3 is 0 Å². The van der Waals surface area contributed by atoms with Crippen LogP contribution in [0.5, 0.6) is 0 Å². The number of nitrogens with one attached hydrogen (secondary N) is 1. The third-order valence-corrected chi connectivity index (χ3v) is 3.83. The van der Waals surface area contributed by atoms with Crippen LogP contribution in [0.25, 0.3) is 0 Å². The highest BCUT2D eigenvalue weighted by Gasteiger charge is 2.17. The number of hydrogen-bond acceptors (Lipinski definition) is 3. The van der Waals surface area contributed by atoms with Crippen LogP contribution in [0.2, 0.25) is 0 Å². The molecule has 3 nitrogen and oxygen atoms in total. The van der Waals surface area contributed by atoms with Crippen molar-refractivity contribution in [2.24, 2.45) is 5.73 Å². The summed E-state index contributed by atoms with van der Waals surface area (Å²) in [6.45, 7) is 1.98. The minimum Gasteiger partial charge on any atom is -0.345 e. The highest BCUT2D eigenvalue weighted by molar-refractivity contribution is 7.12. The lowest BCUT2D eigenvalue weighted by Gasteiger charge is -2.14. The smallest absolute Gasteiger partial charge is 0.263 e. The van der Waals surface area contributed by atoms with Gasteiger partial charge in [-0.3, -0.25) is 4.79 Å². The molecule has 0 spiro atoms. The Kier molecular flexibility index (Phi) is 5.09. The first-order chi connectivity index (χ1) is 10.1. The van der Waals surface area contributed by atoms with Crippen molar-refractivity contribution in [3.63, 3.8) is 0 Å². The molecule has 0 aliphatic carbocycles. The van der Waals surface area contributed by atoms with E-state index < -0.39 is 6.04 Å². The first kappa shape index (κ1) is 15.2. The topological polar surface area (TPSA) is 55.1 Å². The van der Waals surface area contributed by atoms with Crippen molar-refractivity contribution in [3.8, 4) is 11.8 Å². The van der Waals surface area contributed by atoms with E-state index in [1.54, 1.807) is 36.6 Å². The fourth-order valence-corrected chi connectivity index (χ4v) is 2.65. The Morgan fingerprint density at radius 3 is 2.90 bits per heavy atom. The van der Waals surface area contributed by atoms with E-state index >= 15 is 0 Å². The Labute approximate surface area is 127 Å². The molecule has 1 unspecified atom stereocenters. The summed E-state index contributed by atoms with van der Waals surface area (Å²) in [6, 6.07) is 7.75. The number of rotatable bonds is 3. The lowest BCUT2D eigenvalue weighted by atomic mass is 10.1. The summed E-state index contributed by atoms with van der Waals surface area (Å²) in [5.41, 5.74) is 6.43. The van der Waals surface area contributed by atoms with Gasteiger partial charge in [-0.1, -0.05) is 30.0 Å². The number of carbonyl (C=O) groups excluding carboxylic acids is 1. The number of hydrogen-bond donors (Lipinski definition) is 2. The van der Waals surface area contributed by atoms with E-state index in [0.717, 1.165) is 0 Å². The quantitative estimate of drug-likeness (QED) is 0.857. The van der Waals surface area contributed by atoms with E-state index in [1.807, 2.05) is 0 Å². The summed E-state index contributed by atoms with van der Waals surface area (Å²) in [5, 5.41) is 4.58. The van der Waals surface area contributed by atoms with Crippen LogP contribution in [0.4, 0.5) is 4.39 Å². The molecule has 0 saturated heterocycles. The Hall–Kier alpha value is -2.16. The maximum absolute atomic E-state index is 13.7. The number of benzene rings is 1. The first-order valence-corrected chi connectivity index (χ1v) is 7.33. The molecule has 2 aromatic rings. The summed E-state index contributed by atoms with van der Waals surface area (Å²) in [4.78, 5) is 12.8. The zero-order chi connectivity index (χ0) is 15.2. The molecule has 1 atom stereocenters. The van der Waals surface area contributed by atoms with Gasteiger partial charge in [-0.2, -0.15) is 0 Å². The lowest BCUT2D eigenvalue weighted by Crippen LogP contribution is -2.27. The van der Waals surface area contributed by atoms with Crippen molar-refractivity contribution in [1.29, 1.82) is 0 Å². The molecule has 5 heteroatoms. The van der Waals surface area contributed by atoms with E-state index in [9.17, 15) is 9.18 Å². The largest absolute Gasteiger partial charge is 0.345 e. The summed E-state index contributed by atoms with van der Waals surface area (Å²) in [7, 11) is 0. The number of halogens is 1. The fraction of sp³-hybridized carbons (Fsp3) is 0.188. The van der Waals surface area contributed by atoms with Crippen molar-refractivity contribution in [2.45, 2.75) is 13.0 Å². The molecule has 0 fully saturated rings. The van der Waals surface area contributed by atoms with Crippen LogP contribution in [0, 0.1) is 17.7 Å². The average molecular weight is 302 g/mol. The van der Waals surface area contributed by atoms with Crippen LogP contribution in [0.15, 0.2) is 35.7 Å². The van der Waals surface area contributed by atoms with Gasteiger partial charge in [0.2, 0.25) is 0 Å². The van der Waals surface area contributed by atoms with Gasteiger partial charge in [0.15, 0.2) is 0 Å². The van der Waals surface area contributed by atoms with E-state index in [4.69, 9.17) is 5.73 Å². The molecule has 2 rings (SSSR count). The van der Waals surface area contributed by atoms with Crippen molar-refractivity contribution >= 4 is 17.2 Å². The molecule has 3 N–H and O–H groups in total. The van der Waals surface area contributed by atoms with E-state index in [1.165, 1.54) is 17.4 Å². The Morgan fingerprint density at radius 1 is 1.43 bits per heavy atom. The van der Waals surface area contributed by atoms with E-state index in [-0.39, 0.29) is 18.3 Å². The molecule has 1 aromatic carbocycles. The van der Waals surface area contributed by atoms with Crippen molar-refractivity contribution < 1.29 is 9.18 Å². The fourth-order valence-electron chi connectivity index (χ4n) is 1.90. The van der Waals surface area contributed by atoms with Crippen LogP contribution in [0.1, 0.15) is 33.8 Å². The average Bonchev–Trinajstić information content (AvgIpc) is 2.93. The summed E-state index contributed by atoms with van der Waals surface area (Å²) >= 11 is 1.30. The molecular weight excluding hydrogens is 287 g/mol. The molecule has 21 heavy (non-hydrogen) atoms. The van der Waals surface area contributed by atoms with Gasteiger partial charge < -0.3 is 11.1 Å². The Bertz CT molecular complexity index is 700. The molecule has 0 bridgehead atoms. The SMILES string of the molecule is CC(NC(=O)c1sccc1C#CCN)c1ccccc1F. The number of thiophene rings is 1. The van der Waals surface area contributed by atoms with Crippen molar-refractivity contribution in [2.75, 3.05) is 6.54 Å². The summed E-state index contributed by atoms with van der Waals surface area (Å²) in [5.74, 6) is 4.99. The van der Waals surface area contributed by atoms with Gasteiger partial charge in [-0.05, 0) is 24.4 Å². The molecule has 1 aromatic heterocycles. The first-order valence-electron chi connectivity index (χ1n) is 6.45. The zero-order valence-electron chi connectivity index (χ0n) is 11.5. The van der Waals surface area contributed by atoms with Gasteiger partial charge in [-0.25, -0.2) is 4.39 Å². The van der Waals surface area contributed by atoms with Gasteiger partial charge in [-0.15, -0.1) is 11.3 Å². The maximum atomic E-state index is 13.7. The van der Waals surface area contributed by atoms with Crippen LogP contribution in [-0.2, 0) is 0 Å². The second-order valence-electron chi connectivity index (χ2n) is 4.39. The highest BCUT2D eigenvalue weighted by Crippen LogP contribution is 2.20. The van der Waals surface area contributed by atoms with Gasteiger partial charge in [0.1, 0.15) is 10.7 Å². The minimum atomic E-state index is -0.420. The molecule has 0 aliphatic rings. The van der Waals surface area contributed by atoms with Gasteiger partial charge in [0, 0.05) is 11.1 Å². The van der Waals surface area contributed by atoms with Crippen LogP contribution < -0.4 is 11.1 Å². The third-order valence-electron chi connectivity index (χ3n) is 2.92. The predicted octanol–water partition coefficient (Wildman–Crippen LogP) is 2.69. The Morgan fingerprint density at radius 2 is 2.19 bits per heavy atom. The van der Waals surface area contributed by atoms with Gasteiger partial charge in [0.05, 0.1) is 12.6 Å². The summed E-state index contributed by atoms with van der Waals surface area (Å²) in [6.07, 6.45) is 0. The lowest BCUT2D eigenvalue weighted by molar-refractivity contribution is 0.0943. The molecule has 1 heterocycles. The van der Waals surface area contributed by atoms with Gasteiger partial charge in [0.25, 0.3) is 5.91 Å². The molecular formula is C16H15FN2OS. The highest BCUT2D eigenvalue weighted by atomic mass is 32.1. The minimum absolute atomic E-state index is 0.239. The zero-order valence-corrected chi connectivity index (χ0v) is 12.3. The van der Waals surface area contributed by atoms with Crippen molar-refractivity contribution in [1.82, 2.24) is 5.32 Å². The second-order valence-corrected chi connectivity index (χ2v) is 5.30. The Balaban J connectivity index is 2.15. The number of amides is 1.